The van der Waals surface area contributed by atoms with E-state index in [2.05, 4.69) is 5.32 Å². The molecule has 30 heavy (non-hydrogen) atoms. The van der Waals surface area contributed by atoms with Gasteiger partial charge in [0.1, 0.15) is 0 Å². The standard InChI is InChI=1S/C21H21F3N2O3S/c22-21(23,24)18-6-8-19(9-7-18)25-20(27)17-10-13-26(14-11-17)30(28,29)15-12-16-4-2-1-3-5-16/h1-9,12,15,17H,10-11,13-14H2,(H,25,27)/b15-12+. The number of anilines is 1. The zero-order chi connectivity index (χ0) is 21.8. The van der Waals surface area contributed by atoms with Gasteiger partial charge in [-0.2, -0.15) is 17.5 Å². The number of nitrogens with zero attached hydrogens (tertiary/aromatic N) is 1. The summed E-state index contributed by atoms with van der Waals surface area (Å²) in [5.41, 5.74) is 0.253. The van der Waals surface area contributed by atoms with Crippen molar-refractivity contribution < 1.29 is 26.4 Å². The van der Waals surface area contributed by atoms with Crippen LogP contribution in [-0.2, 0) is 21.0 Å². The summed E-state index contributed by atoms with van der Waals surface area (Å²) >= 11 is 0. The average Bonchev–Trinajstić information content (AvgIpc) is 2.73. The Bertz CT molecular complexity index is 996. The van der Waals surface area contributed by atoms with E-state index in [0.717, 1.165) is 23.1 Å². The van der Waals surface area contributed by atoms with Crippen LogP contribution in [0.2, 0.25) is 0 Å². The van der Waals surface area contributed by atoms with Crippen LogP contribution in [0.4, 0.5) is 18.9 Å². The molecule has 1 fully saturated rings. The van der Waals surface area contributed by atoms with E-state index >= 15 is 0 Å². The van der Waals surface area contributed by atoms with Gasteiger partial charge in [0.15, 0.2) is 0 Å². The fourth-order valence-corrected chi connectivity index (χ4v) is 4.40. The molecule has 3 rings (SSSR count). The SMILES string of the molecule is O=C(Nc1ccc(C(F)(F)F)cc1)C1CCN(S(=O)(=O)/C=C/c2ccccc2)CC1. The predicted octanol–water partition coefficient (Wildman–Crippen LogP) is 4.36. The van der Waals surface area contributed by atoms with Gasteiger partial charge < -0.3 is 5.32 Å². The monoisotopic (exact) mass is 438 g/mol. The molecule has 1 saturated heterocycles. The summed E-state index contributed by atoms with van der Waals surface area (Å²) in [5.74, 6) is -0.733. The number of hydrogen-bond acceptors (Lipinski definition) is 3. The molecule has 1 heterocycles. The van der Waals surface area contributed by atoms with Crippen LogP contribution in [-0.4, -0.2) is 31.7 Å². The first-order valence-corrected chi connectivity index (χ1v) is 10.9. The third-order valence-corrected chi connectivity index (χ3v) is 6.46. The van der Waals surface area contributed by atoms with E-state index in [4.69, 9.17) is 0 Å². The molecule has 2 aromatic carbocycles. The third-order valence-electron chi connectivity index (χ3n) is 4.90. The highest BCUT2D eigenvalue weighted by molar-refractivity contribution is 7.92. The van der Waals surface area contributed by atoms with Crippen LogP contribution in [0.25, 0.3) is 6.08 Å². The zero-order valence-corrected chi connectivity index (χ0v) is 16.8. The number of alkyl halides is 3. The Morgan fingerprint density at radius 3 is 2.17 bits per heavy atom. The van der Waals surface area contributed by atoms with Crippen LogP contribution in [0, 0.1) is 5.92 Å². The molecule has 1 amide bonds. The van der Waals surface area contributed by atoms with E-state index in [0.29, 0.717) is 12.8 Å². The molecule has 9 heteroatoms. The van der Waals surface area contributed by atoms with Gasteiger partial charge in [-0.05, 0) is 48.7 Å². The van der Waals surface area contributed by atoms with E-state index in [-0.39, 0.29) is 24.7 Å². The number of halogens is 3. The van der Waals surface area contributed by atoms with Crippen LogP contribution < -0.4 is 5.32 Å². The van der Waals surface area contributed by atoms with E-state index in [1.54, 1.807) is 12.1 Å². The highest BCUT2D eigenvalue weighted by Crippen LogP contribution is 2.30. The number of benzene rings is 2. The summed E-state index contributed by atoms with van der Waals surface area (Å²) in [6.07, 6.45) is -2.23. The molecule has 0 saturated carbocycles. The molecule has 1 aliphatic heterocycles. The Morgan fingerprint density at radius 1 is 1.00 bits per heavy atom. The second-order valence-electron chi connectivity index (χ2n) is 7.00. The van der Waals surface area contributed by atoms with Gasteiger partial charge in [0.25, 0.3) is 0 Å². The van der Waals surface area contributed by atoms with Crippen molar-refractivity contribution in [1.82, 2.24) is 4.31 Å². The molecule has 0 aromatic heterocycles. The Labute approximate surface area is 173 Å². The van der Waals surface area contributed by atoms with Crippen molar-refractivity contribution in [3.8, 4) is 0 Å². The van der Waals surface area contributed by atoms with E-state index in [9.17, 15) is 26.4 Å². The lowest BCUT2D eigenvalue weighted by molar-refractivity contribution is -0.137. The topological polar surface area (TPSA) is 66.5 Å². The fourth-order valence-electron chi connectivity index (χ4n) is 3.17. The van der Waals surface area contributed by atoms with Crippen LogP contribution in [0.1, 0.15) is 24.0 Å². The van der Waals surface area contributed by atoms with Crippen molar-refractivity contribution in [2.75, 3.05) is 18.4 Å². The summed E-state index contributed by atoms with van der Waals surface area (Å²) < 4.78 is 64.1. The lowest BCUT2D eigenvalue weighted by atomic mass is 9.97. The number of hydrogen-bond donors (Lipinski definition) is 1. The van der Waals surface area contributed by atoms with Crippen molar-refractivity contribution >= 4 is 27.7 Å². The van der Waals surface area contributed by atoms with Gasteiger partial charge in [0.05, 0.1) is 5.56 Å². The maximum absolute atomic E-state index is 12.6. The van der Waals surface area contributed by atoms with Gasteiger partial charge in [-0.15, -0.1) is 0 Å². The second-order valence-corrected chi connectivity index (χ2v) is 8.81. The third kappa shape index (κ3) is 5.70. The lowest BCUT2D eigenvalue weighted by Gasteiger charge is -2.29. The molecule has 0 bridgehead atoms. The average molecular weight is 438 g/mol. The van der Waals surface area contributed by atoms with Crippen molar-refractivity contribution in [3.63, 3.8) is 0 Å². The number of sulfonamides is 1. The summed E-state index contributed by atoms with van der Waals surface area (Å²) in [6.45, 7) is 0.402. The number of nitrogens with one attached hydrogen (secondary N) is 1. The Morgan fingerprint density at radius 2 is 1.60 bits per heavy atom. The van der Waals surface area contributed by atoms with Gasteiger partial charge >= 0.3 is 6.18 Å². The lowest BCUT2D eigenvalue weighted by Crippen LogP contribution is -2.40. The minimum Gasteiger partial charge on any atom is -0.326 e. The maximum Gasteiger partial charge on any atom is 0.416 e. The highest BCUT2D eigenvalue weighted by Gasteiger charge is 2.31. The smallest absolute Gasteiger partial charge is 0.326 e. The molecular formula is C21H21F3N2O3S. The number of carbonyl (C=O) groups excluding carboxylic acids is 1. The maximum atomic E-state index is 12.6. The molecule has 0 aliphatic carbocycles. The minimum atomic E-state index is -4.43. The minimum absolute atomic E-state index is 0.201. The van der Waals surface area contributed by atoms with Gasteiger partial charge in [0.2, 0.25) is 15.9 Å². The van der Waals surface area contributed by atoms with Crippen molar-refractivity contribution in [1.29, 1.82) is 0 Å². The van der Waals surface area contributed by atoms with Crippen LogP contribution in [0.5, 0.6) is 0 Å². The Kier molecular flexibility index (Phi) is 6.62. The van der Waals surface area contributed by atoms with Gasteiger partial charge in [-0.3, -0.25) is 4.79 Å². The van der Waals surface area contributed by atoms with E-state index < -0.39 is 27.7 Å². The highest BCUT2D eigenvalue weighted by atomic mass is 32.2. The van der Waals surface area contributed by atoms with Gasteiger partial charge in [0, 0.05) is 30.1 Å². The van der Waals surface area contributed by atoms with Gasteiger partial charge in [-0.25, -0.2) is 8.42 Å². The summed E-state index contributed by atoms with van der Waals surface area (Å²) in [4.78, 5) is 12.4. The van der Waals surface area contributed by atoms with E-state index in [1.807, 2.05) is 18.2 Å². The second kappa shape index (κ2) is 9.01. The fraction of sp³-hybridized carbons (Fsp3) is 0.286. The Balaban J connectivity index is 1.54. The number of piperidine rings is 1. The van der Waals surface area contributed by atoms with Crippen LogP contribution >= 0.6 is 0 Å². The quantitative estimate of drug-likeness (QED) is 0.755. The Hall–Kier alpha value is -2.65. The molecule has 0 radical (unpaired) electrons. The molecule has 0 atom stereocenters. The first-order valence-electron chi connectivity index (χ1n) is 9.36. The number of amides is 1. The summed E-state index contributed by atoms with van der Waals surface area (Å²) in [6, 6.07) is 13.3. The molecule has 1 N–H and O–H groups in total. The van der Waals surface area contributed by atoms with Crippen molar-refractivity contribution in [2.24, 2.45) is 5.92 Å². The van der Waals surface area contributed by atoms with Crippen molar-refractivity contribution in [3.05, 3.63) is 71.1 Å². The molecule has 160 valence electrons. The van der Waals surface area contributed by atoms with Gasteiger partial charge in [-0.1, -0.05) is 30.3 Å². The first kappa shape index (κ1) is 22.0. The summed E-state index contributed by atoms with van der Waals surface area (Å²) in [7, 11) is -3.59. The molecule has 0 spiro atoms. The molecular weight excluding hydrogens is 417 g/mol. The molecule has 1 aliphatic rings. The van der Waals surface area contributed by atoms with Crippen LogP contribution in [0.15, 0.2) is 60.0 Å². The zero-order valence-electron chi connectivity index (χ0n) is 16.0. The largest absolute Gasteiger partial charge is 0.416 e. The predicted molar refractivity (Wildman–Crippen MR) is 109 cm³/mol. The molecule has 5 nitrogen and oxygen atoms in total. The molecule has 2 aromatic rings. The normalized spacial score (nSPS) is 16.6. The summed E-state index contributed by atoms with van der Waals surface area (Å²) in [5, 5.41) is 3.76. The number of rotatable bonds is 5. The first-order chi connectivity index (χ1) is 14.1. The molecule has 0 unspecified atom stereocenters. The van der Waals surface area contributed by atoms with E-state index in [1.165, 1.54) is 22.5 Å². The van der Waals surface area contributed by atoms with Crippen molar-refractivity contribution in [2.45, 2.75) is 19.0 Å². The van der Waals surface area contributed by atoms with Crippen LogP contribution in [0.3, 0.4) is 0 Å². The number of carbonyl (C=O) groups is 1.